The van der Waals surface area contributed by atoms with Gasteiger partial charge in [0.1, 0.15) is 5.75 Å². The van der Waals surface area contributed by atoms with Gasteiger partial charge < -0.3 is 4.74 Å². The van der Waals surface area contributed by atoms with Crippen molar-refractivity contribution in [3.05, 3.63) is 29.8 Å². The maximum absolute atomic E-state index is 10.5. The molecule has 0 aliphatic carbocycles. The lowest BCUT2D eigenvalue weighted by Gasteiger charge is -2.02. The highest BCUT2D eigenvalue weighted by atomic mass is 16.5. The third-order valence-corrected chi connectivity index (χ3v) is 1.60. The molecule has 69 valence electrons. The van der Waals surface area contributed by atoms with Crippen molar-refractivity contribution in [1.29, 1.82) is 0 Å². The van der Waals surface area contributed by atoms with E-state index in [9.17, 15) is 4.79 Å². The molecule has 0 spiro atoms. The maximum atomic E-state index is 10.5. The minimum atomic E-state index is -0.566. The number of benzene rings is 1. The van der Waals surface area contributed by atoms with E-state index >= 15 is 0 Å². The first kappa shape index (κ1) is 9.58. The summed E-state index contributed by atoms with van der Waals surface area (Å²) in [7, 11) is 0. The van der Waals surface area contributed by atoms with Crippen LogP contribution >= 0.6 is 0 Å². The number of ether oxygens (including phenoxy) is 1. The minimum absolute atomic E-state index is 0.173. The summed E-state index contributed by atoms with van der Waals surface area (Å²) < 4.78 is 5.23. The van der Waals surface area contributed by atoms with Crippen molar-refractivity contribution in [1.82, 2.24) is 5.73 Å². The standard InChI is InChI=1S/C10H12NO2/c1-2-13-9-5-3-8(4-6-9)7-10(11)12/h3-6,11H,2,7H2,1H3. The summed E-state index contributed by atoms with van der Waals surface area (Å²) >= 11 is 0. The van der Waals surface area contributed by atoms with Crippen LogP contribution in [0.5, 0.6) is 5.75 Å². The summed E-state index contributed by atoms with van der Waals surface area (Å²) in [4.78, 5) is 10.5. The van der Waals surface area contributed by atoms with E-state index in [2.05, 4.69) is 0 Å². The van der Waals surface area contributed by atoms with Gasteiger partial charge in [-0.2, -0.15) is 0 Å². The summed E-state index contributed by atoms with van der Waals surface area (Å²) in [5, 5.41) is 0. The SMILES string of the molecule is CCOc1ccc(CC([NH])=O)cc1. The third-order valence-electron chi connectivity index (χ3n) is 1.60. The van der Waals surface area contributed by atoms with Crippen LogP contribution in [-0.2, 0) is 11.2 Å². The summed E-state index contributed by atoms with van der Waals surface area (Å²) in [6.45, 7) is 2.55. The van der Waals surface area contributed by atoms with Gasteiger partial charge in [0.25, 0.3) is 0 Å². The van der Waals surface area contributed by atoms with Crippen LogP contribution in [0.3, 0.4) is 0 Å². The van der Waals surface area contributed by atoms with Crippen molar-refractivity contribution in [2.75, 3.05) is 6.61 Å². The van der Waals surface area contributed by atoms with E-state index in [1.807, 2.05) is 19.1 Å². The van der Waals surface area contributed by atoms with Crippen molar-refractivity contribution < 1.29 is 9.53 Å². The van der Waals surface area contributed by atoms with Crippen LogP contribution < -0.4 is 10.5 Å². The largest absolute Gasteiger partial charge is 0.494 e. The topological polar surface area (TPSA) is 50.1 Å². The fraction of sp³-hybridized carbons (Fsp3) is 0.300. The zero-order chi connectivity index (χ0) is 9.68. The number of nitrogens with one attached hydrogen (secondary N) is 1. The fourth-order valence-corrected chi connectivity index (χ4v) is 1.06. The van der Waals surface area contributed by atoms with Gasteiger partial charge in [0.05, 0.1) is 13.0 Å². The Bertz CT molecular complexity index is 279. The number of carbonyl (C=O) groups is 1. The van der Waals surface area contributed by atoms with Crippen molar-refractivity contribution in [3.63, 3.8) is 0 Å². The minimum Gasteiger partial charge on any atom is -0.494 e. The van der Waals surface area contributed by atoms with Crippen molar-refractivity contribution in [2.45, 2.75) is 13.3 Å². The quantitative estimate of drug-likeness (QED) is 0.700. The normalized spacial score (nSPS) is 9.62. The lowest BCUT2D eigenvalue weighted by Crippen LogP contribution is -2.02. The molecule has 0 unspecified atom stereocenters. The molecule has 0 aliphatic rings. The Hall–Kier alpha value is -1.51. The van der Waals surface area contributed by atoms with Gasteiger partial charge in [0.2, 0.25) is 5.91 Å². The van der Waals surface area contributed by atoms with Crippen LogP contribution in [0.2, 0.25) is 0 Å². The lowest BCUT2D eigenvalue weighted by molar-refractivity contribution is -0.118. The first-order chi connectivity index (χ1) is 6.22. The predicted molar refractivity (Wildman–Crippen MR) is 49.4 cm³/mol. The molecule has 0 saturated carbocycles. The summed E-state index contributed by atoms with van der Waals surface area (Å²) in [6.07, 6.45) is 0.173. The van der Waals surface area contributed by atoms with E-state index in [-0.39, 0.29) is 6.42 Å². The number of rotatable bonds is 4. The molecule has 0 aromatic heterocycles. The number of carbonyl (C=O) groups excluding carboxylic acids is 1. The first-order valence-corrected chi connectivity index (χ1v) is 4.18. The van der Waals surface area contributed by atoms with Gasteiger partial charge >= 0.3 is 0 Å². The molecule has 1 amide bonds. The second-order valence-electron chi connectivity index (χ2n) is 2.68. The second-order valence-corrected chi connectivity index (χ2v) is 2.68. The Morgan fingerprint density at radius 2 is 2.00 bits per heavy atom. The molecule has 0 atom stereocenters. The van der Waals surface area contributed by atoms with E-state index in [4.69, 9.17) is 10.5 Å². The average molecular weight is 178 g/mol. The molecule has 1 N–H and O–H groups in total. The number of amides is 1. The Balaban J connectivity index is 2.64. The lowest BCUT2D eigenvalue weighted by atomic mass is 10.1. The van der Waals surface area contributed by atoms with Gasteiger partial charge in [-0.05, 0) is 24.6 Å². The van der Waals surface area contributed by atoms with E-state index in [1.54, 1.807) is 12.1 Å². The molecule has 0 aliphatic heterocycles. The highest BCUT2D eigenvalue weighted by Gasteiger charge is 1.98. The number of hydrogen-bond acceptors (Lipinski definition) is 2. The Labute approximate surface area is 77.5 Å². The van der Waals surface area contributed by atoms with Crippen LogP contribution in [0, 0.1) is 0 Å². The summed E-state index contributed by atoms with van der Waals surface area (Å²) in [5.74, 6) is 0.229. The fourth-order valence-electron chi connectivity index (χ4n) is 1.06. The van der Waals surface area contributed by atoms with E-state index in [0.717, 1.165) is 11.3 Å². The van der Waals surface area contributed by atoms with Crippen LogP contribution in [0.1, 0.15) is 12.5 Å². The van der Waals surface area contributed by atoms with E-state index in [0.29, 0.717) is 6.61 Å². The first-order valence-electron chi connectivity index (χ1n) is 4.18. The molecular formula is C10H12NO2. The number of hydrogen-bond donors (Lipinski definition) is 0. The Morgan fingerprint density at radius 1 is 1.38 bits per heavy atom. The molecule has 3 heteroatoms. The molecular weight excluding hydrogens is 166 g/mol. The monoisotopic (exact) mass is 178 g/mol. The zero-order valence-electron chi connectivity index (χ0n) is 7.54. The van der Waals surface area contributed by atoms with Crippen LogP contribution in [0.25, 0.3) is 0 Å². The van der Waals surface area contributed by atoms with Crippen LogP contribution in [0.15, 0.2) is 24.3 Å². The smallest absolute Gasteiger partial charge is 0.242 e. The average Bonchev–Trinajstić information content (AvgIpc) is 2.08. The van der Waals surface area contributed by atoms with Gasteiger partial charge in [-0.3, -0.25) is 10.5 Å². The van der Waals surface area contributed by atoms with Gasteiger partial charge in [0, 0.05) is 0 Å². The van der Waals surface area contributed by atoms with Gasteiger partial charge in [-0.15, -0.1) is 0 Å². The van der Waals surface area contributed by atoms with E-state index in [1.165, 1.54) is 0 Å². The van der Waals surface area contributed by atoms with Gasteiger partial charge in [-0.1, -0.05) is 12.1 Å². The molecule has 1 aromatic rings. The molecule has 0 saturated heterocycles. The molecule has 1 aromatic carbocycles. The Morgan fingerprint density at radius 3 is 2.46 bits per heavy atom. The molecule has 1 radical (unpaired) electrons. The molecule has 0 heterocycles. The van der Waals surface area contributed by atoms with Crippen molar-refractivity contribution >= 4 is 5.91 Å². The second kappa shape index (κ2) is 4.50. The molecule has 13 heavy (non-hydrogen) atoms. The highest BCUT2D eigenvalue weighted by Crippen LogP contribution is 2.12. The van der Waals surface area contributed by atoms with Crippen LogP contribution in [0.4, 0.5) is 0 Å². The van der Waals surface area contributed by atoms with Crippen LogP contribution in [-0.4, -0.2) is 12.5 Å². The summed E-state index contributed by atoms with van der Waals surface area (Å²) in [6, 6.07) is 7.22. The molecule has 0 fully saturated rings. The highest BCUT2D eigenvalue weighted by molar-refractivity contribution is 5.75. The summed E-state index contributed by atoms with van der Waals surface area (Å²) in [5.41, 5.74) is 7.63. The Kier molecular flexibility index (Phi) is 3.31. The predicted octanol–water partition coefficient (Wildman–Crippen LogP) is 1.44. The zero-order valence-corrected chi connectivity index (χ0v) is 7.54. The van der Waals surface area contributed by atoms with Gasteiger partial charge in [-0.25, -0.2) is 0 Å². The van der Waals surface area contributed by atoms with Gasteiger partial charge in [0.15, 0.2) is 0 Å². The molecule has 1 rings (SSSR count). The van der Waals surface area contributed by atoms with Crippen molar-refractivity contribution in [3.8, 4) is 5.75 Å². The third kappa shape index (κ3) is 3.15. The molecule has 0 bridgehead atoms. The van der Waals surface area contributed by atoms with E-state index < -0.39 is 5.91 Å². The molecule has 3 nitrogen and oxygen atoms in total. The van der Waals surface area contributed by atoms with Crippen molar-refractivity contribution in [2.24, 2.45) is 0 Å². The maximum Gasteiger partial charge on any atom is 0.242 e.